The summed E-state index contributed by atoms with van der Waals surface area (Å²) >= 11 is 17.0. The lowest BCUT2D eigenvalue weighted by Gasteiger charge is -2.24. The van der Waals surface area contributed by atoms with Crippen LogP contribution in [0.5, 0.6) is 0 Å². The summed E-state index contributed by atoms with van der Waals surface area (Å²) in [6.45, 7) is 9.49. The van der Waals surface area contributed by atoms with E-state index >= 15 is 0 Å². The summed E-state index contributed by atoms with van der Waals surface area (Å²) in [6, 6.07) is 0. The second-order valence-electron chi connectivity index (χ2n) is 6.00. The predicted octanol–water partition coefficient (Wildman–Crippen LogP) is 4.62. The van der Waals surface area contributed by atoms with Crippen LogP contribution in [0.15, 0.2) is 28.8 Å². The third-order valence-electron chi connectivity index (χ3n) is 3.40. The van der Waals surface area contributed by atoms with Gasteiger partial charge >= 0.3 is 0 Å². The molecule has 2 unspecified atom stereocenters. The first-order valence-electron chi connectivity index (χ1n) is 7.27. The smallest absolute Gasteiger partial charge is 0.192 e. The Morgan fingerprint density at radius 3 is 2.41 bits per heavy atom. The lowest BCUT2D eigenvalue weighted by atomic mass is 9.95. The number of alkyl halides is 1. The van der Waals surface area contributed by atoms with Crippen molar-refractivity contribution in [3.8, 4) is 0 Å². The second-order valence-corrected chi connectivity index (χ2v) is 7.44. The Kier molecular flexibility index (Phi) is 10.6. The molecule has 0 saturated carbocycles. The summed E-state index contributed by atoms with van der Waals surface area (Å²) in [6.07, 6.45) is 4.24. The van der Waals surface area contributed by atoms with Crippen LogP contribution >= 0.6 is 34.8 Å². The van der Waals surface area contributed by atoms with Crippen molar-refractivity contribution in [3.05, 3.63) is 23.8 Å². The average Bonchev–Trinajstić information content (AvgIpc) is 2.40. The van der Waals surface area contributed by atoms with Gasteiger partial charge in [-0.05, 0) is 69.7 Å². The van der Waals surface area contributed by atoms with E-state index in [4.69, 9.17) is 34.8 Å². The molecule has 0 fully saturated rings. The van der Waals surface area contributed by atoms with Crippen molar-refractivity contribution in [3.63, 3.8) is 0 Å². The van der Waals surface area contributed by atoms with Crippen molar-refractivity contribution in [1.82, 2.24) is 0 Å². The minimum absolute atomic E-state index is 0.0282. The molecular formula is C16H26Cl3NO2. The lowest BCUT2D eigenvalue weighted by molar-refractivity contribution is -0.0509. The molecule has 0 aromatic carbocycles. The monoisotopic (exact) mass is 369 g/mol. The number of nitrogens with zero attached hydrogens (tertiary/aromatic N) is 1. The Balaban J connectivity index is 4.10. The van der Waals surface area contributed by atoms with E-state index in [1.165, 1.54) is 5.57 Å². The Bertz CT molecular complexity index is 410. The fraction of sp³-hybridized carbons (Fsp3) is 0.688. The molecule has 0 aromatic rings. The fourth-order valence-corrected chi connectivity index (χ4v) is 2.07. The van der Waals surface area contributed by atoms with Crippen LogP contribution in [0.4, 0.5) is 0 Å². The molecular weight excluding hydrogens is 345 g/mol. The minimum Gasteiger partial charge on any atom is -0.390 e. The van der Waals surface area contributed by atoms with E-state index in [0.29, 0.717) is 13.0 Å². The van der Waals surface area contributed by atoms with E-state index in [9.17, 15) is 10.2 Å². The maximum atomic E-state index is 9.78. The summed E-state index contributed by atoms with van der Waals surface area (Å²) in [7, 11) is 0. The van der Waals surface area contributed by atoms with Gasteiger partial charge in [-0.25, -0.2) is 0 Å². The van der Waals surface area contributed by atoms with Crippen molar-refractivity contribution < 1.29 is 10.2 Å². The predicted molar refractivity (Wildman–Crippen MR) is 97.3 cm³/mol. The molecule has 0 heterocycles. The van der Waals surface area contributed by atoms with Crippen molar-refractivity contribution in [2.24, 2.45) is 4.99 Å². The van der Waals surface area contributed by atoms with Crippen LogP contribution in [-0.4, -0.2) is 38.5 Å². The summed E-state index contributed by atoms with van der Waals surface area (Å²) < 4.78 is -0.0282. The molecule has 0 aliphatic rings. The maximum absolute atomic E-state index is 9.78. The maximum Gasteiger partial charge on any atom is 0.192 e. The molecule has 2 N–H and O–H groups in total. The standard InChI is InChI=1S/C16H26Cl3NO2/c1-11(8-9-14(21)16(3,4)22)6-5-7-12(2)13(17)10-20-15(18)19/h6,13-14,21-22H,2,5,7-10H2,1,3-4H3. The number of rotatable bonds is 10. The molecule has 0 amide bonds. The zero-order valence-electron chi connectivity index (χ0n) is 13.5. The normalized spacial score (nSPS) is 15.4. The number of hydrogen-bond acceptors (Lipinski definition) is 3. The first kappa shape index (κ1) is 21.9. The van der Waals surface area contributed by atoms with E-state index in [1.54, 1.807) is 13.8 Å². The molecule has 0 saturated heterocycles. The largest absolute Gasteiger partial charge is 0.390 e. The summed E-state index contributed by atoms with van der Waals surface area (Å²) in [4.78, 5) is 3.85. The van der Waals surface area contributed by atoms with Crippen molar-refractivity contribution in [2.75, 3.05) is 6.54 Å². The highest BCUT2D eigenvalue weighted by Crippen LogP contribution is 2.19. The van der Waals surface area contributed by atoms with Crippen molar-refractivity contribution in [1.29, 1.82) is 0 Å². The highest BCUT2D eigenvalue weighted by molar-refractivity contribution is 6.95. The van der Waals surface area contributed by atoms with E-state index in [-0.39, 0.29) is 10.0 Å². The topological polar surface area (TPSA) is 52.8 Å². The first-order chi connectivity index (χ1) is 10.0. The molecule has 3 nitrogen and oxygen atoms in total. The van der Waals surface area contributed by atoms with Gasteiger partial charge in [-0.1, -0.05) is 23.8 Å². The fourth-order valence-electron chi connectivity index (χ4n) is 1.76. The van der Waals surface area contributed by atoms with Gasteiger partial charge in [0.1, 0.15) is 0 Å². The number of aliphatic imine (C=N–C) groups is 1. The van der Waals surface area contributed by atoms with Gasteiger partial charge in [-0.3, -0.25) is 4.99 Å². The molecule has 0 radical (unpaired) electrons. The average molecular weight is 371 g/mol. The van der Waals surface area contributed by atoms with Crippen molar-refractivity contribution >= 4 is 39.4 Å². The van der Waals surface area contributed by atoms with Crippen LogP contribution in [0, 0.1) is 0 Å². The number of halogens is 3. The Hall–Kier alpha value is -0.0600. The van der Waals surface area contributed by atoms with Crippen LogP contribution in [0.3, 0.4) is 0 Å². The number of hydrogen-bond donors (Lipinski definition) is 2. The number of allylic oxidation sites excluding steroid dienone is 2. The molecule has 0 aliphatic carbocycles. The van der Waals surface area contributed by atoms with Crippen LogP contribution in [0.1, 0.15) is 46.5 Å². The third kappa shape index (κ3) is 10.6. The summed E-state index contributed by atoms with van der Waals surface area (Å²) in [5.41, 5.74) is 0.995. The van der Waals surface area contributed by atoms with Gasteiger partial charge in [0.2, 0.25) is 0 Å². The lowest BCUT2D eigenvalue weighted by Crippen LogP contribution is -2.35. The molecule has 0 aliphatic heterocycles. The van der Waals surface area contributed by atoms with Crippen LogP contribution in [0.2, 0.25) is 0 Å². The number of aliphatic hydroxyl groups is 2. The SMILES string of the molecule is C=C(CCC=C(C)CCC(O)C(C)(C)O)C(Cl)CN=C(Cl)Cl. The quantitative estimate of drug-likeness (QED) is 0.335. The molecule has 2 atom stereocenters. The van der Waals surface area contributed by atoms with E-state index < -0.39 is 11.7 Å². The van der Waals surface area contributed by atoms with Crippen LogP contribution in [-0.2, 0) is 0 Å². The minimum atomic E-state index is -1.06. The molecule has 22 heavy (non-hydrogen) atoms. The van der Waals surface area contributed by atoms with Gasteiger partial charge in [0.15, 0.2) is 4.63 Å². The third-order valence-corrected chi connectivity index (χ3v) is 4.09. The zero-order chi connectivity index (χ0) is 17.3. The second kappa shape index (κ2) is 10.7. The Morgan fingerprint density at radius 2 is 1.91 bits per heavy atom. The van der Waals surface area contributed by atoms with Gasteiger partial charge in [-0.15, -0.1) is 11.6 Å². The molecule has 128 valence electrons. The van der Waals surface area contributed by atoms with Gasteiger partial charge < -0.3 is 10.2 Å². The zero-order valence-corrected chi connectivity index (χ0v) is 15.7. The molecule has 0 spiro atoms. The van der Waals surface area contributed by atoms with Gasteiger partial charge in [-0.2, -0.15) is 0 Å². The summed E-state index contributed by atoms with van der Waals surface area (Å²) in [5.74, 6) is 0. The highest BCUT2D eigenvalue weighted by Gasteiger charge is 2.23. The van der Waals surface area contributed by atoms with Gasteiger partial charge in [0, 0.05) is 0 Å². The van der Waals surface area contributed by atoms with Crippen LogP contribution < -0.4 is 0 Å². The molecule has 6 heteroatoms. The van der Waals surface area contributed by atoms with E-state index in [0.717, 1.165) is 24.8 Å². The summed E-state index contributed by atoms with van der Waals surface area (Å²) in [5, 5.41) is 19.2. The number of aliphatic hydroxyl groups excluding tert-OH is 1. The molecule has 0 rings (SSSR count). The highest BCUT2D eigenvalue weighted by atomic mass is 35.5. The van der Waals surface area contributed by atoms with Gasteiger partial charge in [0.25, 0.3) is 0 Å². The Labute approximate surface area is 148 Å². The molecule has 0 bridgehead atoms. The Morgan fingerprint density at radius 1 is 1.32 bits per heavy atom. The van der Waals surface area contributed by atoms with Crippen molar-refractivity contribution in [2.45, 2.75) is 63.5 Å². The molecule has 0 aromatic heterocycles. The first-order valence-corrected chi connectivity index (χ1v) is 8.46. The van der Waals surface area contributed by atoms with E-state index in [1.807, 2.05) is 6.92 Å². The van der Waals surface area contributed by atoms with Crippen LogP contribution in [0.25, 0.3) is 0 Å². The van der Waals surface area contributed by atoms with E-state index in [2.05, 4.69) is 17.6 Å². The van der Waals surface area contributed by atoms with Gasteiger partial charge in [0.05, 0.1) is 23.6 Å².